The summed E-state index contributed by atoms with van der Waals surface area (Å²) in [4.78, 5) is 30.5. The van der Waals surface area contributed by atoms with Gasteiger partial charge in [0, 0.05) is 55.3 Å². The Bertz CT molecular complexity index is 1730. The van der Waals surface area contributed by atoms with Crippen molar-refractivity contribution in [1.29, 1.82) is 0 Å². The number of piperazine rings is 1. The molecule has 13 heteroatoms. The van der Waals surface area contributed by atoms with Gasteiger partial charge in [-0.3, -0.25) is 4.79 Å². The number of halogens is 5. The van der Waals surface area contributed by atoms with E-state index < -0.39 is 51.5 Å². The van der Waals surface area contributed by atoms with Crippen molar-refractivity contribution < 1.29 is 32.2 Å². The smallest absolute Gasteiger partial charge is 0.477 e. The number of aromatic nitrogens is 1. The summed E-state index contributed by atoms with van der Waals surface area (Å²) in [5, 5.41) is 9.68. The van der Waals surface area contributed by atoms with Crippen molar-refractivity contribution in [3.05, 3.63) is 93.0 Å². The first-order valence-electron chi connectivity index (χ1n) is 13.2. The maximum atomic E-state index is 15.8. The first-order chi connectivity index (χ1) is 20.3. The lowest BCUT2D eigenvalue weighted by molar-refractivity contribution is -0.274. The number of carboxylic acids is 1. The minimum absolute atomic E-state index is 0.125. The number of ether oxygens (including phenoxy) is 1. The number of fused-ring (bicyclic) bond motifs is 1. The molecule has 1 saturated heterocycles. The summed E-state index contributed by atoms with van der Waals surface area (Å²) in [5.41, 5.74) is -0.793. The average molecular weight is 619 g/mol. The number of benzene rings is 3. The Morgan fingerprint density at radius 1 is 1.00 bits per heavy atom. The van der Waals surface area contributed by atoms with Gasteiger partial charge in [-0.25, -0.2) is 9.18 Å². The van der Waals surface area contributed by atoms with E-state index in [9.17, 15) is 27.9 Å². The highest BCUT2D eigenvalue weighted by Crippen LogP contribution is 2.42. The molecule has 0 amide bonds. The fourth-order valence-electron chi connectivity index (χ4n) is 5.27. The summed E-state index contributed by atoms with van der Waals surface area (Å²) in [6, 6.07) is 14.5. The van der Waals surface area contributed by atoms with Gasteiger partial charge >= 0.3 is 12.3 Å². The number of aromatic carboxylic acids is 1. The van der Waals surface area contributed by atoms with Crippen molar-refractivity contribution in [3.63, 3.8) is 0 Å². The van der Waals surface area contributed by atoms with E-state index in [1.807, 2.05) is 30.0 Å². The maximum absolute atomic E-state index is 15.8. The second-order valence-corrected chi connectivity index (χ2v) is 10.8. The number of alkyl halides is 3. The van der Waals surface area contributed by atoms with Gasteiger partial charge in [-0.15, -0.1) is 13.2 Å². The van der Waals surface area contributed by atoms with E-state index in [2.05, 4.69) is 4.74 Å². The molecule has 3 aromatic carbocycles. The fraction of sp³-hybridized carbons (Fsp3) is 0.267. The highest BCUT2D eigenvalue weighted by molar-refractivity contribution is 6.30. The molecule has 8 nitrogen and oxygen atoms in total. The van der Waals surface area contributed by atoms with Gasteiger partial charge in [0.05, 0.1) is 5.39 Å². The van der Waals surface area contributed by atoms with Gasteiger partial charge in [0.1, 0.15) is 16.8 Å². The molecule has 0 atom stereocenters. The van der Waals surface area contributed by atoms with Crippen LogP contribution in [0.4, 0.5) is 28.9 Å². The quantitative estimate of drug-likeness (QED) is 0.264. The van der Waals surface area contributed by atoms with Crippen LogP contribution >= 0.6 is 11.6 Å². The molecule has 0 radical (unpaired) electrons. The lowest BCUT2D eigenvalue weighted by Crippen LogP contribution is -2.47. The Balaban J connectivity index is 1.69. The SMILES string of the molecule is CN(C)Cc1ccc(-n2cc(C(=O)O)c(=O)c3cc(F)c(N4CCN(c5cccc(Cl)c5)CC4)c(OC(F)(F)F)c32)cc1. The zero-order chi connectivity index (χ0) is 31.1. The zero-order valence-corrected chi connectivity index (χ0v) is 23.9. The normalized spacial score (nSPS) is 14.0. The van der Waals surface area contributed by atoms with E-state index >= 15 is 4.39 Å². The van der Waals surface area contributed by atoms with Crippen LogP contribution in [-0.2, 0) is 6.54 Å². The lowest BCUT2D eigenvalue weighted by Gasteiger charge is -2.38. The average Bonchev–Trinajstić information content (AvgIpc) is 2.93. The predicted molar refractivity (Wildman–Crippen MR) is 156 cm³/mol. The molecule has 1 aliphatic heterocycles. The van der Waals surface area contributed by atoms with Crippen LogP contribution in [0.2, 0.25) is 5.02 Å². The van der Waals surface area contributed by atoms with Crippen LogP contribution in [0.15, 0.2) is 65.6 Å². The van der Waals surface area contributed by atoms with Crippen molar-refractivity contribution in [2.45, 2.75) is 12.9 Å². The number of pyridine rings is 1. The minimum atomic E-state index is -5.25. The molecule has 2 heterocycles. The standard InChI is InChI=1S/C30H27ClF4N4O4/c1-36(2)16-18-6-8-20(9-7-18)39-17-23(29(41)42)27(40)22-15-24(32)26(28(25(22)39)43-30(33,34)35)38-12-10-37(11-13-38)21-5-3-4-19(31)14-21/h3-9,14-15,17H,10-13,16H2,1-2H3,(H,41,42). The number of rotatable bonds is 7. The van der Waals surface area contributed by atoms with Crippen LogP contribution in [0.5, 0.6) is 5.75 Å². The van der Waals surface area contributed by atoms with Crippen LogP contribution in [0.3, 0.4) is 0 Å². The van der Waals surface area contributed by atoms with E-state index in [-0.39, 0.29) is 18.8 Å². The Labute approximate surface area is 248 Å². The van der Waals surface area contributed by atoms with Crippen molar-refractivity contribution >= 4 is 39.8 Å². The molecular formula is C30H27ClF4N4O4. The van der Waals surface area contributed by atoms with E-state index in [4.69, 9.17) is 11.6 Å². The van der Waals surface area contributed by atoms with Gasteiger partial charge in [-0.1, -0.05) is 29.8 Å². The second-order valence-electron chi connectivity index (χ2n) is 10.4. The topological polar surface area (TPSA) is 78.2 Å². The molecule has 0 spiro atoms. The molecule has 1 N–H and O–H groups in total. The molecule has 0 saturated carbocycles. The first kappa shape index (κ1) is 30.2. The van der Waals surface area contributed by atoms with E-state index in [1.54, 1.807) is 42.5 Å². The molecule has 0 aliphatic carbocycles. The Hall–Kier alpha value is -4.29. The number of hydrogen-bond acceptors (Lipinski definition) is 6. The van der Waals surface area contributed by atoms with Crippen molar-refractivity contribution in [3.8, 4) is 11.4 Å². The number of anilines is 2. The van der Waals surface area contributed by atoms with Gasteiger partial charge in [0.2, 0.25) is 5.43 Å². The van der Waals surface area contributed by atoms with Gasteiger partial charge < -0.3 is 29.1 Å². The first-order valence-corrected chi connectivity index (χ1v) is 13.6. The fourth-order valence-corrected chi connectivity index (χ4v) is 5.45. The highest BCUT2D eigenvalue weighted by atomic mass is 35.5. The minimum Gasteiger partial charge on any atom is -0.477 e. The van der Waals surface area contributed by atoms with Gasteiger partial charge in [0.15, 0.2) is 11.6 Å². The summed E-state index contributed by atoms with van der Waals surface area (Å²) in [7, 11) is 3.74. The maximum Gasteiger partial charge on any atom is 0.573 e. The summed E-state index contributed by atoms with van der Waals surface area (Å²) in [5.74, 6) is -3.68. The largest absolute Gasteiger partial charge is 0.573 e. The van der Waals surface area contributed by atoms with Crippen LogP contribution in [0.1, 0.15) is 15.9 Å². The third-order valence-electron chi connectivity index (χ3n) is 7.10. The third kappa shape index (κ3) is 6.40. The van der Waals surface area contributed by atoms with E-state index in [0.29, 0.717) is 24.7 Å². The molecule has 1 aromatic heterocycles. The van der Waals surface area contributed by atoms with Crippen LogP contribution in [0, 0.1) is 5.82 Å². The zero-order valence-electron chi connectivity index (χ0n) is 23.2. The summed E-state index contributed by atoms with van der Waals surface area (Å²) in [6.07, 6.45) is -4.31. The highest BCUT2D eigenvalue weighted by Gasteiger charge is 2.37. The molecule has 1 fully saturated rings. The van der Waals surface area contributed by atoms with Crippen LogP contribution < -0.4 is 20.0 Å². The Kier molecular flexibility index (Phi) is 8.26. The molecule has 43 heavy (non-hydrogen) atoms. The summed E-state index contributed by atoms with van der Waals surface area (Å²) >= 11 is 6.11. The molecule has 226 valence electrons. The van der Waals surface area contributed by atoms with Gasteiger partial charge in [-0.2, -0.15) is 0 Å². The lowest BCUT2D eigenvalue weighted by atomic mass is 10.1. The summed E-state index contributed by atoms with van der Waals surface area (Å²) < 4.78 is 63.2. The van der Waals surface area contributed by atoms with E-state index in [0.717, 1.165) is 28.1 Å². The Morgan fingerprint density at radius 3 is 2.23 bits per heavy atom. The van der Waals surface area contributed by atoms with Crippen molar-refractivity contribution in [1.82, 2.24) is 9.47 Å². The molecule has 0 unspecified atom stereocenters. The molecule has 4 aromatic rings. The van der Waals surface area contributed by atoms with Crippen LogP contribution in [0.25, 0.3) is 16.6 Å². The van der Waals surface area contributed by atoms with E-state index in [1.165, 1.54) is 4.90 Å². The monoisotopic (exact) mass is 618 g/mol. The number of hydrogen-bond donors (Lipinski definition) is 1. The van der Waals surface area contributed by atoms with Gasteiger partial charge in [0.25, 0.3) is 0 Å². The Morgan fingerprint density at radius 2 is 1.65 bits per heavy atom. The predicted octanol–water partition coefficient (Wildman–Crippen LogP) is 5.77. The van der Waals surface area contributed by atoms with Crippen LogP contribution in [-0.4, -0.2) is 67.2 Å². The molecule has 5 rings (SSSR count). The number of carboxylic acid groups (broad SMARTS) is 1. The summed E-state index contributed by atoms with van der Waals surface area (Å²) in [6.45, 7) is 1.49. The molecular weight excluding hydrogens is 592 g/mol. The van der Waals surface area contributed by atoms with Gasteiger partial charge in [-0.05, 0) is 56.1 Å². The second kappa shape index (κ2) is 11.8. The number of nitrogens with zero attached hydrogens (tertiary/aromatic N) is 4. The molecule has 1 aliphatic rings. The van der Waals surface area contributed by atoms with Crippen molar-refractivity contribution in [2.75, 3.05) is 50.1 Å². The molecule has 0 bridgehead atoms. The number of carbonyl (C=O) groups is 1. The third-order valence-corrected chi connectivity index (χ3v) is 7.34. The van der Waals surface area contributed by atoms with Crippen molar-refractivity contribution in [2.24, 2.45) is 0 Å².